The number of rotatable bonds is 3. The van der Waals surface area contributed by atoms with Gasteiger partial charge < -0.3 is 4.57 Å². The smallest absolute Gasteiger partial charge is 0.306 e. The lowest BCUT2D eigenvalue weighted by Gasteiger charge is -2.33. The number of nitrogens with zero attached hydrogens (tertiary/aromatic N) is 3. The van der Waals surface area contributed by atoms with Crippen molar-refractivity contribution in [2.75, 3.05) is 13.1 Å². The number of aromatic nitrogens is 2. The molecule has 2 heterocycles. The number of benzene rings is 2. The second kappa shape index (κ2) is 8.12. The third kappa shape index (κ3) is 4.03. The third-order valence-electron chi connectivity index (χ3n) is 7.92. The number of fused-ring (bicyclic) bond motifs is 1. The van der Waals surface area contributed by atoms with Gasteiger partial charge >= 0.3 is 6.18 Å². The molecule has 11 heteroatoms. The van der Waals surface area contributed by atoms with Crippen molar-refractivity contribution < 1.29 is 26.0 Å². The number of hydrogen-bond acceptors (Lipinski definition) is 3. The minimum atomic E-state index is -4.60. The Hall–Kier alpha value is -2.76. The zero-order valence-electron chi connectivity index (χ0n) is 19.2. The summed E-state index contributed by atoms with van der Waals surface area (Å²) in [7, 11) is -4.21. The number of alkyl halides is 3. The van der Waals surface area contributed by atoms with Crippen LogP contribution in [0.15, 0.2) is 55.0 Å². The van der Waals surface area contributed by atoms with Crippen LogP contribution in [0, 0.1) is 17.7 Å². The molecule has 0 unspecified atom stereocenters. The van der Waals surface area contributed by atoms with Gasteiger partial charge in [0.15, 0.2) is 0 Å². The van der Waals surface area contributed by atoms with Gasteiger partial charge in [-0.15, -0.1) is 0 Å². The molecule has 6 rings (SSSR count). The Morgan fingerprint density at radius 1 is 1.03 bits per heavy atom. The molecule has 36 heavy (non-hydrogen) atoms. The van der Waals surface area contributed by atoms with Crippen LogP contribution in [-0.4, -0.2) is 47.1 Å². The average Bonchev–Trinajstić information content (AvgIpc) is 3.43. The van der Waals surface area contributed by atoms with Gasteiger partial charge in [-0.25, -0.2) is 9.37 Å². The first-order valence-electron chi connectivity index (χ1n) is 11.8. The fraction of sp³-hybridized carbons (Fsp3) is 0.400. The molecule has 2 fully saturated rings. The van der Waals surface area contributed by atoms with Crippen LogP contribution in [0.2, 0.25) is 0 Å². The van der Waals surface area contributed by atoms with Crippen molar-refractivity contribution in [3.8, 4) is 16.9 Å². The van der Waals surface area contributed by atoms with Crippen LogP contribution in [-0.2, 0) is 23.1 Å². The van der Waals surface area contributed by atoms with E-state index in [0.717, 1.165) is 40.9 Å². The monoisotopic (exact) mass is 520 g/mol. The molecular weight excluding hydrogens is 496 g/mol. The maximum absolute atomic E-state index is 13.3. The largest absolute Gasteiger partial charge is 0.402 e. The van der Waals surface area contributed by atoms with Crippen LogP contribution in [0.1, 0.15) is 24.0 Å². The van der Waals surface area contributed by atoms with Gasteiger partial charge in [-0.05, 0) is 79.0 Å². The standard InChI is InChI=1S/C25H24F4N4O2S/c26-21-5-7-22(8-6-21)32-12-23(30-15-32)17-2-1-16-10-19-3-4-20(11-18(16)9-17)24(19)13-33(14-25(27,28)29)36(34,35)31-24/h1-2,5-9,12,15,19-20,31H,3-4,10-11,13-14H2/t19-,20+,24-/m1/s1. The highest BCUT2D eigenvalue weighted by molar-refractivity contribution is 7.87. The van der Waals surface area contributed by atoms with Gasteiger partial charge in [-0.3, -0.25) is 0 Å². The zero-order valence-corrected chi connectivity index (χ0v) is 20.0. The molecule has 1 spiro atoms. The van der Waals surface area contributed by atoms with E-state index in [2.05, 4.69) is 15.8 Å². The van der Waals surface area contributed by atoms with Crippen molar-refractivity contribution in [1.82, 2.24) is 18.6 Å². The van der Waals surface area contributed by atoms with Crippen molar-refractivity contribution in [2.24, 2.45) is 11.8 Å². The SMILES string of the molecule is O=S1(=O)N[C@]2(CN1CC(F)(F)F)[C@@H]1CC[C@H]2Cc2cc(-c3cn(-c4ccc(F)cc4)cn3)ccc2C1. The maximum Gasteiger partial charge on any atom is 0.402 e. The van der Waals surface area contributed by atoms with Crippen LogP contribution in [0.5, 0.6) is 0 Å². The number of nitrogens with one attached hydrogen (secondary N) is 1. The second-order valence-corrected chi connectivity index (χ2v) is 11.7. The molecule has 3 aromatic rings. The second-order valence-electron chi connectivity index (χ2n) is 10.0. The summed E-state index contributed by atoms with van der Waals surface area (Å²) in [5, 5.41) is 0. The van der Waals surface area contributed by atoms with Crippen LogP contribution in [0.3, 0.4) is 0 Å². The lowest BCUT2D eigenvalue weighted by molar-refractivity contribution is -0.136. The first-order valence-corrected chi connectivity index (χ1v) is 13.2. The summed E-state index contributed by atoms with van der Waals surface area (Å²) in [4.78, 5) is 4.50. The van der Waals surface area contributed by atoms with E-state index in [4.69, 9.17) is 0 Å². The minimum Gasteiger partial charge on any atom is -0.306 e. The highest BCUT2D eigenvalue weighted by Gasteiger charge is 2.60. The lowest BCUT2D eigenvalue weighted by Crippen LogP contribution is -2.52. The van der Waals surface area contributed by atoms with E-state index >= 15 is 0 Å². The van der Waals surface area contributed by atoms with Crippen LogP contribution >= 0.6 is 0 Å². The molecule has 1 N–H and O–H groups in total. The van der Waals surface area contributed by atoms with Crippen molar-refractivity contribution in [3.63, 3.8) is 0 Å². The van der Waals surface area contributed by atoms with Crippen molar-refractivity contribution >= 4 is 10.2 Å². The van der Waals surface area contributed by atoms with Gasteiger partial charge in [0.25, 0.3) is 10.2 Å². The summed E-state index contributed by atoms with van der Waals surface area (Å²) >= 11 is 0. The molecule has 1 aromatic heterocycles. The molecule has 190 valence electrons. The van der Waals surface area contributed by atoms with Crippen molar-refractivity contribution in [1.29, 1.82) is 0 Å². The van der Waals surface area contributed by atoms with E-state index in [9.17, 15) is 26.0 Å². The molecule has 2 aromatic carbocycles. The van der Waals surface area contributed by atoms with Gasteiger partial charge in [-0.2, -0.15) is 30.6 Å². The normalized spacial score (nSPS) is 27.3. The first-order chi connectivity index (χ1) is 17.0. The van der Waals surface area contributed by atoms with Gasteiger partial charge in [0.2, 0.25) is 0 Å². The van der Waals surface area contributed by atoms with Crippen LogP contribution < -0.4 is 4.72 Å². The molecule has 0 amide bonds. The van der Waals surface area contributed by atoms with E-state index in [1.54, 1.807) is 23.0 Å². The zero-order chi connectivity index (χ0) is 25.3. The third-order valence-corrected chi connectivity index (χ3v) is 9.49. The summed E-state index contributed by atoms with van der Waals surface area (Å²) in [6, 6.07) is 12.1. The minimum absolute atomic E-state index is 0.0692. The maximum atomic E-state index is 13.3. The molecule has 1 saturated carbocycles. The molecule has 1 aliphatic heterocycles. The molecule has 0 radical (unpaired) electrons. The van der Waals surface area contributed by atoms with Gasteiger partial charge in [-0.1, -0.05) is 12.1 Å². The van der Waals surface area contributed by atoms with Crippen molar-refractivity contribution in [2.45, 2.75) is 37.4 Å². The van der Waals surface area contributed by atoms with E-state index in [1.165, 1.54) is 12.1 Å². The molecule has 2 bridgehead atoms. The topological polar surface area (TPSA) is 67.2 Å². The Bertz CT molecular complexity index is 1420. The number of halogens is 4. The number of imidazole rings is 1. The van der Waals surface area contributed by atoms with Gasteiger partial charge in [0, 0.05) is 24.0 Å². The summed E-state index contributed by atoms with van der Waals surface area (Å²) in [6.07, 6.45) is 1.65. The van der Waals surface area contributed by atoms with Crippen LogP contribution in [0.4, 0.5) is 17.6 Å². The summed E-state index contributed by atoms with van der Waals surface area (Å²) in [5.74, 6) is -0.480. The predicted octanol–water partition coefficient (Wildman–Crippen LogP) is 4.25. The molecular formula is C25H24F4N4O2S. The van der Waals surface area contributed by atoms with Gasteiger partial charge in [0.1, 0.15) is 12.4 Å². The molecule has 3 atom stereocenters. The lowest BCUT2D eigenvalue weighted by atomic mass is 9.79. The van der Waals surface area contributed by atoms with E-state index < -0.39 is 28.5 Å². The Morgan fingerprint density at radius 3 is 2.42 bits per heavy atom. The van der Waals surface area contributed by atoms with E-state index in [1.807, 2.05) is 18.3 Å². The van der Waals surface area contributed by atoms with Crippen molar-refractivity contribution in [3.05, 3.63) is 71.9 Å². The molecule has 6 nitrogen and oxygen atoms in total. The molecule has 3 aliphatic rings. The molecule has 1 saturated heterocycles. The Balaban J connectivity index is 1.29. The van der Waals surface area contributed by atoms with Gasteiger partial charge in [0.05, 0.1) is 17.6 Å². The van der Waals surface area contributed by atoms with E-state index in [0.29, 0.717) is 17.1 Å². The Morgan fingerprint density at radius 2 is 1.72 bits per heavy atom. The molecule has 2 aliphatic carbocycles. The highest BCUT2D eigenvalue weighted by atomic mass is 32.2. The number of hydrogen-bond donors (Lipinski definition) is 1. The summed E-state index contributed by atoms with van der Waals surface area (Å²) in [6.45, 7) is -1.63. The fourth-order valence-corrected chi connectivity index (χ4v) is 7.94. The fourth-order valence-electron chi connectivity index (χ4n) is 6.23. The first kappa shape index (κ1) is 23.6. The quantitative estimate of drug-likeness (QED) is 0.525. The highest BCUT2D eigenvalue weighted by Crippen LogP contribution is 2.50. The Labute approximate surface area is 206 Å². The average molecular weight is 521 g/mol. The van der Waals surface area contributed by atoms with Crippen LogP contribution in [0.25, 0.3) is 16.9 Å². The summed E-state index contributed by atoms with van der Waals surface area (Å²) < 4.78 is 82.9. The summed E-state index contributed by atoms with van der Waals surface area (Å²) in [5.41, 5.74) is 3.69. The van der Waals surface area contributed by atoms with E-state index in [-0.39, 0.29) is 24.2 Å². The predicted molar refractivity (Wildman–Crippen MR) is 125 cm³/mol. The Kier molecular flexibility index (Phi) is 5.33.